The topological polar surface area (TPSA) is 94.6 Å². The molecular weight excluding hydrogens is 701 g/mol. The van der Waals surface area contributed by atoms with Gasteiger partial charge >= 0.3 is 0 Å². The molecule has 0 radical (unpaired) electrons. The first-order valence-corrected chi connectivity index (χ1v) is 19.8. The molecule has 0 aliphatic carbocycles. The first-order chi connectivity index (χ1) is 26.2. The molecule has 54 heavy (non-hydrogen) atoms. The maximum absolute atomic E-state index is 13.7. The van der Waals surface area contributed by atoms with E-state index in [1.807, 2.05) is 72.8 Å². The number of nitrogens with zero attached hydrogens (tertiary/aromatic N) is 2. The molecule has 7 rings (SSSR count). The Morgan fingerprint density at radius 3 is 1.54 bits per heavy atom. The molecule has 9 nitrogen and oxygen atoms in total. The van der Waals surface area contributed by atoms with Gasteiger partial charge < -0.3 is 18.9 Å². The third kappa shape index (κ3) is 7.59. The standard InChI is InChI=1S/C44H46N2O7S/c1-50-39-23-33-19-21-45(43(31-11-7-5-8-12-31)37(33)25-41(39)52-3)27-30-15-17-36(18-16-30)54(48,49)29-35(47)28-46-22-20-34-24-40(51-2)42(53-4)26-38(34)44(46)32-13-9-6-10-14-32/h5-18,23-26,43-44H,19-22,27-29H2,1-4H3. The fraction of sp³-hybridized carbons (Fsp3) is 0.295. The Hall–Kier alpha value is -5.16. The zero-order valence-electron chi connectivity index (χ0n) is 31.2. The molecule has 0 aromatic heterocycles. The van der Waals surface area contributed by atoms with E-state index in [4.69, 9.17) is 18.9 Å². The molecule has 0 spiro atoms. The number of methoxy groups -OCH3 is 4. The van der Waals surface area contributed by atoms with Crippen LogP contribution in [0.1, 0.15) is 51.0 Å². The van der Waals surface area contributed by atoms with Crippen LogP contribution >= 0.6 is 0 Å². The molecule has 0 fully saturated rings. The Balaban J connectivity index is 1.08. The fourth-order valence-corrected chi connectivity index (χ4v) is 9.22. The number of hydrogen-bond donors (Lipinski definition) is 0. The lowest BCUT2D eigenvalue weighted by molar-refractivity contribution is -0.118. The minimum Gasteiger partial charge on any atom is -0.493 e. The normalized spacial score (nSPS) is 17.3. The average molecular weight is 747 g/mol. The summed E-state index contributed by atoms with van der Waals surface area (Å²) in [7, 11) is 2.64. The van der Waals surface area contributed by atoms with Crippen LogP contribution < -0.4 is 18.9 Å². The number of rotatable bonds is 13. The Morgan fingerprint density at radius 1 is 0.611 bits per heavy atom. The van der Waals surface area contributed by atoms with Crippen LogP contribution in [0.2, 0.25) is 0 Å². The van der Waals surface area contributed by atoms with Crippen molar-refractivity contribution in [2.45, 2.75) is 36.4 Å². The monoisotopic (exact) mass is 746 g/mol. The molecule has 280 valence electrons. The average Bonchev–Trinajstić information content (AvgIpc) is 3.20. The first kappa shape index (κ1) is 37.2. The Morgan fingerprint density at radius 2 is 1.06 bits per heavy atom. The van der Waals surface area contributed by atoms with Gasteiger partial charge in [0.05, 0.1) is 52.0 Å². The molecule has 2 atom stereocenters. The molecule has 0 N–H and O–H groups in total. The number of hydrogen-bond acceptors (Lipinski definition) is 9. The van der Waals surface area contributed by atoms with E-state index in [1.54, 1.807) is 40.6 Å². The van der Waals surface area contributed by atoms with Crippen molar-refractivity contribution in [3.8, 4) is 23.0 Å². The van der Waals surface area contributed by atoms with E-state index in [1.165, 1.54) is 5.56 Å². The summed E-state index contributed by atoms with van der Waals surface area (Å²) in [5.41, 5.74) is 7.66. The summed E-state index contributed by atoms with van der Waals surface area (Å²) in [4.78, 5) is 18.2. The zero-order chi connectivity index (χ0) is 37.8. The quantitative estimate of drug-likeness (QED) is 0.128. The molecule has 5 aromatic carbocycles. The number of ketones is 1. The van der Waals surface area contributed by atoms with E-state index < -0.39 is 15.6 Å². The van der Waals surface area contributed by atoms with Gasteiger partial charge in [0.1, 0.15) is 5.75 Å². The molecule has 0 saturated heterocycles. The molecule has 2 heterocycles. The number of benzene rings is 5. The largest absolute Gasteiger partial charge is 0.493 e. The second kappa shape index (κ2) is 16.1. The molecule has 2 aliphatic heterocycles. The molecule has 0 saturated carbocycles. The van der Waals surface area contributed by atoms with Crippen molar-refractivity contribution in [1.82, 2.24) is 9.80 Å². The molecular formula is C44H46N2O7S. The van der Waals surface area contributed by atoms with Crippen LogP contribution in [0.3, 0.4) is 0 Å². The summed E-state index contributed by atoms with van der Waals surface area (Å²) in [5.74, 6) is 1.73. The SMILES string of the molecule is COc1cc2c(cc1OC)C(c1ccccc1)N(CC(=O)CS(=O)(=O)c1ccc(CN3CCc4cc(OC)c(OC)cc4C3c3ccccc3)cc1)CC2. The minimum atomic E-state index is -3.88. The number of carbonyl (C=O) groups excluding carboxylic acids is 1. The van der Waals surface area contributed by atoms with Crippen LogP contribution in [-0.4, -0.2) is 77.8 Å². The maximum Gasteiger partial charge on any atom is 0.185 e. The van der Waals surface area contributed by atoms with Gasteiger partial charge in [-0.05, 0) is 88.2 Å². The third-order valence-electron chi connectivity index (χ3n) is 10.6. The van der Waals surface area contributed by atoms with Crippen LogP contribution in [0, 0.1) is 0 Å². The summed E-state index contributed by atoms with van der Waals surface area (Å²) in [6.45, 7) is 2.01. The van der Waals surface area contributed by atoms with Gasteiger partial charge in [-0.15, -0.1) is 0 Å². The van der Waals surface area contributed by atoms with Crippen molar-refractivity contribution in [1.29, 1.82) is 0 Å². The van der Waals surface area contributed by atoms with Crippen LogP contribution in [-0.2, 0) is 34.0 Å². The van der Waals surface area contributed by atoms with Gasteiger partial charge in [0.2, 0.25) is 0 Å². The van der Waals surface area contributed by atoms with E-state index in [0.29, 0.717) is 42.5 Å². The van der Waals surface area contributed by atoms with Crippen molar-refractivity contribution in [3.63, 3.8) is 0 Å². The van der Waals surface area contributed by atoms with Crippen molar-refractivity contribution in [2.24, 2.45) is 0 Å². The van der Waals surface area contributed by atoms with Crippen LogP contribution in [0.5, 0.6) is 23.0 Å². The molecule has 5 aromatic rings. The van der Waals surface area contributed by atoms with Crippen molar-refractivity contribution in [3.05, 3.63) is 148 Å². The van der Waals surface area contributed by atoms with E-state index in [0.717, 1.165) is 46.3 Å². The summed E-state index contributed by atoms with van der Waals surface area (Å²) in [6, 6.07) is 35.2. The van der Waals surface area contributed by atoms with Gasteiger partial charge in [0.25, 0.3) is 0 Å². The van der Waals surface area contributed by atoms with E-state index in [9.17, 15) is 13.2 Å². The lowest BCUT2D eigenvalue weighted by atomic mass is 9.87. The highest BCUT2D eigenvalue weighted by molar-refractivity contribution is 7.92. The number of fused-ring (bicyclic) bond motifs is 2. The second-order valence-electron chi connectivity index (χ2n) is 13.8. The Labute approximate surface area is 318 Å². The lowest BCUT2D eigenvalue weighted by Crippen LogP contribution is -2.41. The van der Waals surface area contributed by atoms with Crippen molar-refractivity contribution >= 4 is 15.6 Å². The molecule has 0 amide bonds. The van der Waals surface area contributed by atoms with E-state index >= 15 is 0 Å². The van der Waals surface area contributed by atoms with Gasteiger partial charge in [0, 0.05) is 19.6 Å². The van der Waals surface area contributed by atoms with Gasteiger partial charge in [0.15, 0.2) is 38.6 Å². The summed E-state index contributed by atoms with van der Waals surface area (Å²) >= 11 is 0. The molecule has 2 aliphatic rings. The van der Waals surface area contributed by atoms with Gasteiger partial charge in [-0.1, -0.05) is 72.8 Å². The number of Topliss-reactive ketones (excluding diaryl/α,β-unsaturated/α-hetero) is 1. The number of sulfone groups is 1. The van der Waals surface area contributed by atoms with Gasteiger partial charge in [-0.25, -0.2) is 8.42 Å². The molecule has 2 unspecified atom stereocenters. The molecule has 10 heteroatoms. The predicted molar refractivity (Wildman–Crippen MR) is 209 cm³/mol. The Kier molecular flexibility index (Phi) is 11.1. The highest BCUT2D eigenvalue weighted by Crippen LogP contribution is 2.43. The third-order valence-corrected chi connectivity index (χ3v) is 12.3. The van der Waals surface area contributed by atoms with Crippen LogP contribution in [0.15, 0.2) is 114 Å². The van der Waals surface area contributed by atoms with Crippen LogP contribution in [0.4, 0.5) is 0 Å². The van der Waals surface area contributed by atoms with Gasteiger partial charge in [-0.2, -0.15) is 0 Å². The zero-order valence-corrected chi connectivity index (χ0v) is 32.0. The predicted octanol–water partition coefficient (Wildman–Crippen LogP) is 6.86. The lowest BCUT2D eigenvalue weighted by Gasteiger charge is -2.38. The smallest absolute Gasteiger partial charge is 0.185 e. The number of carbonyl (C=O) groups is 1. The second-order valence-corrected chi connectivity index (χ2v) is 15.8. The minimum absolute atomic E-state index is 0.00136. The van der Waals surface area contributed by atoms with E-state index in [-0.39, 0.29) is 29.3 Å². The van der Waals surface area contributed by atoms with Crippen LogP contribution in [0.25, 0.3) is 0 Å². The summed E-state index contributed by atoms with van der Waals surface area (Å²) in [5, 5.41) is 0. The summed E-state index contributed by atoms with van der Waals surface area (Å²) in [6.07, 6.45) is 1.53. The van der Waals surface area contributed by atoms with Gasteiger partial charge in [-0.3, -0.25) is 14.6 Å². The number of ether oxygens (including phenoxy) is 4. The Bertz CT molecular complexity index is 2210. The molecule has 0 bridgehead atoms. The highest BCUT2D eigenvalue weighted by atomic mass is 32.2. The van der Waals surface area contributed by atoms with E-state index in [2.05, 4.69) is 34.1 Å². The highest BCUT2D eigenvalue weighted by Gasteiger charge is 2.33. The van der Waals surface area contributed by atoms with Crippen molar-refractivity contribution < 1.29 is 32.2 Å². The fourth-order valence-electron chi connectivity index (χ4n) is 7.99. The first-order valence-electron chi connectivity index (χ1n) is 18.1. The maximum atomic E-state index is 13.7. The van der Waals surface area contributed by atoms with Crippen molar-refractivity contribution in [2.75, 3.05) is 53.8 Å². The summed E-state index contributed by atoms with van der Waals surface area (Å²) < 4.78 is 49.8.